The van der Waals surface area contributed by atoms with Crippen molar-refractivity contribution in [3.8, 4) is 0 Å². The summed E-state index contributed by atoms with van der Waals surface area (Å²) in [7, 11) is 1.65. The number of rotatable bonds is 5. The van der Waals surface area contributed by atoms with Crippen molar-refractivity contribution in [1.29, 1.82) is 0 Å². The lowest BCUT2D eigenvalue weighted by Gasteiger charge is -2.30. The summed E-state index contributed by atoms with van der Waals surface area (Å²) < 4.78 is 10.6. The first-order chi connectivity index (χ1) is 9.56. The van der Waals surface area contributed by atoms with Gasteiger partial charge in [0.05, 0.1) is 38.4 Å². The van der Waals surface area contributed by atoms with E-state index in [9.17, 15) is 9.59 Å². The molecule has 0 saturated carbocycles. The number of ether oxygens (including phenoxy) is 2. The number of carbonyl (C=O) groups excluding carboxylic acids is 1. The van der Waals surface area contributed by atoms with Crippen LogP contribution in [0.3, 0.4) is 0 Å². The Morgan fingerprint density at radius 3 is 2.50 bits per heavy atom. The number of hydrogen-bond acceptors (Lipinski definition) is 5. The number of likely N-dealkylation sites (N-methyl/N-ethyl adjacent to an activating group) is 2. The topological polar surface area (TPSA) is 88.1 Å². The van der Waals surface area contributed by atoms with Crippen LogP contribution < -0.4 is 5.32 Å². The fraction of sp³-hybridized carbons (Fsp3) is 0.846. The molecule has 2 rings (SSSR count). The minimum absolute atomic E-state index is 0.000509. The van der Waals surface area contributed by atoms with Crippen LogP contribution in [0.25, 0.3) is 0 Å². The normalized spacial score (nSPS) is 33.3. The number of hydrogen-bond donors (Lipinski definition) is 2. The standard InChI is InChI=1S/C13H22N2O5/c1-3-14-10-6-19-4-8(10)12(16)15(2)11-7-20-5-9(11)13(17)18/h8-11,14H,3-7H2,1-2H3,(H,17,18). The molecule has 2 fully saturated rings. The molecule has 0 radical (unpaired) electrons. The molecule has 0 aliphatic carbocycles. The van der Waals surface area contributed by atoms with Crippen molar-refractivity contribution in [2.24, 2.45) is 11.8 Å². The van der Waals surface area contributed by atoms with Crippen molar-refractivity contribution >= 4 is 11.9 Å². The Labute approximate surface area is 118 Å². The summed E-state index contributed by atoms with van der Waals surface area (Å²) in [4.78, 5) is 25.2. The summed E-state index contributed by atoms with van der Waals surface area (Å²) in [5.74, 6) is -1.90. The van der Waals surface area contributed by atoms with Gasteiger partial charge in [-0.15, -0.1) is 0 Å². The molecule has 7 nitrogen and oxygen atoms in total. The van der Waals surface area contributed by atoms with Crippen molar-refractivity contribution in [3.05, 3.63) is 0 Å². The quantitative estimate of drug-likeness (QED) is 0.686. The Balaban J connectivity index is 2.02. The summed E-state index contributed by atoms with van der Waals surface area (Å²) >= 11 is 0. The number of carboxylic acid groups (broad SMARTS) is 1. The van der Waals surface area contributed by atoms with Gasteiger partial charge in [0.15, 0.2) is 0 Å². The van der Waals surface area contributed by atoms with Crippen molar-refractivity contribution in [1.82, 2.24) is 10.2 Å². The highest BCUT2D eigenvalue weighted by molar-refractivity contribution is 5.81. The van der Waals surface area contributed by atoms with Crippen molar-refractivity contribution < 1.29 is 24.2 Å². The fourth-order valence-electron chi connectivity index (χ4n) is 2.85. The first-order valence-corrected chi connectivity index (χ1v) is 6.94. The second-order valence-electron chi connectivity index (χ2n) is 5.31. The Bertz CT molecular complexity index is 376. The zero-order valence-electron chi connectivity index (χ0n) is 11.9. The summed E-state index contributed by atoms with van der Waals surface area (Å²) in [5.41, 5.74) is 0. The van der Waals surface area contributed by atoms with Crippen molar-refractivity contribution in [2.75, 3.05) is 40.0 Å². The van der Waals surface area contributed by atoms with Crippen LogP contribution in [-0.4, -0.2) is 74.0 Å². The van der Waals surface area contributed by atoms with Gasteiger partial charge in [0.1, 0.15) is 5.92 Å². The van der Waals surface area contributed by atoms with Crippen LogP contribution in [0.2, 0.25) is 0 Å². The van der Waals surface area contributed by atoms with E-state index in [0.717, 1.165) is 6.54 Å². The lowest BCUT2D eigenvalue weighted by atomic mass is 9.98. The third-order valence-electron chi connectivity index (χ3n) is 4.08. The smallest absolute Gasteiger partial charge is 0.311 e. The van der Waals surface area contributed by atoms with E-state index < -0.39 is 17.9 Å². The van der Waals surface area contributed by atoms with Gasteiger partial charge >= 0.3 is 5.97 Å². The molecule has 2 aliphatic heterocycles. The number of carboxylic acids is 1. The number of amides is 1. The van der Waals surface area contributed by atoms with Gasteiger partial charge in [-0.25, -0.2) is 0 Å². The van der Waals surface area contributed by atoms with Crippen LogP contribution in [0.4, 0.5) is 0 Å². The highest BCUT2D eigenvalue weighted by Gasteiger charge is 2.42. The molecule has 4 atom stereocenters. The molecular formula is C13H22N2O5. The Morgan fingerprint density at radius 2 is 1.85 bits per heavy atom. The van der Waals surface area contributed by atoms with Gasteiger partial charge in [-0.2, -0.15) is 0 Å². The van der Waals surface area contributed by atoms with Gasteiger partial charge in [0.25, 0.3) is 0 Å². The van der Waals surface area contributed by atoms with Gasteiger partial charge in [0.2, 0.25) is 5.91 Å². The Morgan fingerprint density at radius 1 is 1.20 bits per heavy atom. The second kappa shape index (κ2) is 6.51. The molecule has 20 heavy (non-hydrogen) atoms. The lowest BCUT2D eigenvalue weighted by molar-refractivity contribution is -0.145. The molecule has 0 aromatic carbocycles. The third kappa shape index (κ3) is 2.94. The molecule has 2 N–H and O–H groups in total. The van der Waals surface area contributed by atoms with E-state index in [1.807, 2.05) is 6.92 Å². The summed E-state index contributed by atoms with van der Waals surface area (Å²) in [6.45, 7) is 4.09. The van der Waals surface area contributed by atoms with E-state index in [1.54, 1.807) is 7.05 Å². The van der Waals surface area contributed by atoms with Gasteiger partial charge in [-0.05, 0) is 6.54 Å². The van der Waals surface area contributed by atoms with Crippen molar-refractivity contribution in [3.63, 3.8) is 0 Å². The van der Waals surface area contributed by atoms with Crippen LogP contribution in [0, 0.1) is 11.8 Å². The van der Waals surface area contributed by atoms with Gasteiger partial charge in [-0.1, -0.05) is 6.92 Å². The highest BCUT2D eigenvalue weighted by Crippen LogP contribution is 2.23. The molecule has 4 unspecified atom stereocenters. The Hall–Kier alpha value is -1.18. The molecule has 2 heterocycles. The monoisotopic (exact) mass is 286 g/mol. The molecule has 1 amide bonds. The van der Waals surface area contributed by atoms with E-state index in [0.29, 0.717) is 13.2 Å². The SMILES string of the molecule is CCNC1COCC1C(=O)N(C)C1COCC1C(=O)O. The van der Waals surface area contributed by atoms with E-state index in [1.165, 1.54) is 4.90 Å². The largest absolute Gasteiger partial charge is 0.481 e. The molecule has 2 saturated heterocycles. The van der Waals surface area contributed by atoms with E-state index in [2.05, 4.69) is 5.32 Å². The zero-order valence-corrected chi connectivity index (χ0v) is 11.9. The lowest BCUT2D eigenvalue weighted by Crippen LogP contribution is -2.50. The van der Waals surface area contributed by atoms with Crippen LogP contribution in [0.5, 0.6) is 0 Å². The van der Waals surface area contributed by atoms with E-state index in [-0.39, 0.29) is 31.1 Å². The minimum atomic E-state index is -0.918. The Kier molecular flexibility index (Phi) is 4.95. The number of nitrogens with zero attached hydrogens (tertiary/aromatic N) is 1. The van der Waals surface area contributed by atoms with E-state index >= 15 is 0 Å². The van der Waals surface area contributed by atoms with Crippen LogP contribution in [-0.2, 0) is 19.1 Å². The number of nitrogens with one attached hydrogen (secondary N) is 1. The maximum atomic E-state index is 12.5. The first-order valence-electron chi connectivity index (χ1n) is 6.94. The fourth-order valence-corrected chi connectivity index (χ4v) is 2.85. The minimum Gasteiger partial charge on any atom is -0.481 e. The molecule has 2 aliphatic rings. The summed E-state index contributed by atoms with van der Waals surface area (Å²) in [5, 5.41) is 12.4. The molecular weight excluding hydrogens is 264 g/mol. The summed E-state index contributed by atoms with van der Waals surface area (Å²) in [6.07, 6.45) is 0. The number of carbonyl (C=O) groups is 2. The van der Waals surface area contributed by atoms with Crippen LogP contribution >= 0.6 is 0 Å². The van der Waals surface area contributed by atoms with Crippen LogP contribution in [0.1, 0.15) is 6.92 Å². The van der Waals surface area contributed by atoms with Gasteiger partial charge in [0, 0.05) is 13.1 Å². The number of aliphatic carboxylic acids is 1. The predicted molar refractivity (Wildman–Crippen MR) is 70.3 cm³/mol. The average Bonchev–Trinajstić information content (AvgIpc) is 3.05. The molecule has 0 aromatic rings. The van der Waals surface area contributed by atoms with Crippen molar-refractivity contribution in [2.45, 2.75) is 19.0 Å². The first kappa shape index (κ1) is 15.2. The predicted octanol–water partition coefficient (Wildman–Crippen LogP) is -0.831. The van der Waals surface area contributed by atoms with Gasteiger partial charge in [-0.3, -0.25) is 9.59 Å². The molecule has 0 spiro atoms. The molecule has 7 heteroatoms. The van der Waals surface area contributed by atoms with Gasteiger partial charge < -0.3 is 24.8 Å². The summed E-state index contributed by atoms with van der Waals surface area (Å²) in [6, 6.07) is -0.400. The highest BCUT2D eigenvalue weighted by atomic mass is 16.5. The molecule has 114 valence electrons. The average molecular weight is 286 g/mol. The molecule has 0 aromatic heterocycles. The second-order valence-corrected chi connectivity index (χ2v) is 5.31. The van der Waals surface area contributed by atoms with Crippen LogP contribution in [0.15, 0.2) is 0 Å². The third-order valence-corrected chi connectivity index (χ3v) is 4.08. The van der Waals surface area contributed by atoms with E-state index in [4.69, 9.17) is 14.6 Å². The maximum Gasteiger partial charge on any atom is 0.311 e. The maximum absolute atomic E-state index is 12.5. The zero-order chi connectivity index (χ0) is 14.7. The molecule has 0 bridgehead atoms.